The molecule has 0 aromatic rings. The summed E-state index contributed by atoms with van der Waals surface area (Å²) in [5.41, 5.74) is 0.581. The van der Waals surface area contributed by atoms with E-state index in [1.54, 1.807) is 7.11 Å². The van der Waals surface area contributed by atoms with Gasteiger partial charge in [-0.1, -0.05) is 22.9 Å². The largest absolute Gasteiger partial charge is 0.383 e. The Hall–Kier alpha value is 0.400. The molecule has 90 valence electrons. The molecular formula is C12H24BrNO. The molecule has 1 rings (SSSR count). The summed E-state index contributed by atoms with van der Waals surface area (Å²) in [6, 6.07) is 0.677. The highest BCUT2D eigenvalue weighted by atomic mass is 79.9. The average molecular weight is 278 g/mol. The first-order valence-corrected chi connectivity index (χ1v) is 7.08. The highest BCUT2D eigenvalue weighted by molar-refractivity contribution is 9.09. The van der Waals surface area contributed by atoms with Crippen LogP contribution in [0.2, 0.25) is 0 Å². The zero-order valence-corrected chi connectivity index (χ0v) is 11.8. The van der Waals surface area contributed by atoms with Crippen molar-refractivity contribution in [3.8, 4) is 0 Å². The van der Waals surface area contributed by atoms with Crippen LogP contribution in [-0.2, 0) is 4.74 Å². The number of hydrogen-bond acceptors (Lipinski definition) is 2. The van der Waals surface area contributed by atoms with E-state index < -0.39 is 0 Å². The number of nitrogens with zero attached hydrogens (tertiary/aromatic N) is 1. The van der Waals surface area contributed by atoms with Gasteiger partial charge < -0.3 is 4.74 Å². The molecule has 0 saturated heterocycles. The van der Waals surface area contributed by atoms with Crippen LogP contribution in [0, 0.1) is 5.41 Å². The van der Waals surface area contributed by atoms with Crippen molar-refractivity contribution in [1.29, 1.82) is 0 Å². The van der Waals surface area contributed by atoms with E-state index in [1.807, 2.05) is 0 Å². The summed E-state index contributed by atoms with van der Waals surface area (Å²) in [6.45, 7) is 7.73. The zero-order valence-electron chi connectivity index (χ0n) is 10.3. The minimum Gasteiger partial charge on any atom is -0.383 e. The van der Waals surface area contributed by atoms with Gasteiger partial charge in [-0.3, -0.25) is 4.90 Å². The van der Waals surface area contributed by atoms with Gasteiger partial charge in [-0.05, 0) is 31.6 Å². The van der Waals surface area contributed by atoms with E-state index >= 15 is 0 Å². The van der Waals surface area contributed by atoms with Gasteiger partial charge >= 0.3 is 0 Å². The van der Waals surface area contributed by atoms with Crippen LogP contribution in [0.15, 0.2) is 0 Å². The molecule has 2 nitrogen and oxygen atoms in total. The number of hydrogen-bond donors (Lipinski definition) is 0. The maximum atomic E-state index is 5.18. The molecule has 0 aromatic heterocycles. The molecule has 3 heteroatoms. The molecule has 1 aliphatic rings. The van der Waals surface area contributed by atoms with Gasteiger partial charge in [-0.15, -0.1) is 0 Å². The quantitative estimate of drug-likeness (QED) is 0.633. The molecule has 1 saturated carbocycles. The van der Waals surface area contributed by atoms with Crippen molar-refractivity contribution in [2.24, 2.45) is 5.41 Å². The standard InChI is InChI=1S/C12H24BrNO/c1-4-11(2)14(7-8-15-3)10-12(9-13)5-6-12/h11H,4-10H2,1-3H3. The summed E-state index contributed by atoms with van der Waals surface area (Å²) in [5.74, 6) is 0. The van der Waals surface area contributed by atoms with Crippen LogP contribution in [-0.4, -0.2) is 43.1 Å². The van der Waals surface area contributed by atoms with Crippen molar-refractivity contribution in [3.05, 3.63) is 0 Å². The van der Waals surface area contributed by atoms with Crippen LogP contribution >= 0.6 is 15.9 Å². The Labute approximate surface area is 102 Å². The Morgan fingerprint density at radius 2 is 2.13 bits per heavy atom. The average Bonchev–Trinajstić information content (AvgIpc) is 3.03. The molecule has 1 unspecified atom stereocenters. The van der Waals surface area contributed by atoms with Crippen molar-refractivity contribution >= 4 is 15.9 Å². The molecule has 0 aliphatic heterocycles. The number of methoxy groups -OCH3 is 1. The number of ether oxygens (including phenoxy) is 1. The summed E-state index contributed by atoms with van der Waals surface area (Å²) < 4.78 is 5.18. The molecule has 0 bridgehead atoms. The van der Waals surface area contributed by atoms with Gasteiger partial charge in [0.2, 0.25) is 0 Å². The third-order valence-electron chi connectivity index (χ3n) is 3.58. The minimum absolute atomic E-state index is 0.581. The third-order valence-corrected chi connectivity index (χ3v) is 4.77. The van der Waals surface area contributed by atoms with E-state index in [2.05, 4.69) is 34.7 Å². The lowest BCUT2D eigenvalue weighted by molar-refractivity contribution is 0.109. The van der Waals surface area contributed by atoms with Gasteiger partial charge in [0, 0.05) is 31.6 Å². The second-order valence-electron chi connectivity index (χ2n) is 4.85. The van der Waals surface area contributed by atoms with E-state index in [9.17, 15) is 0 Å². The van der Waals surface area contributed by atoms with Crippen molar-refractivity contribution in [2.45, 2.75) is 39.2 Å². The summed E-state index contributed by atoms with van der Waals surface area (Å²) >= 11 is 3.64. The van der Waals surface area contributed by atoms with E-state index in [0.29, 0.717) is 11.5 Å². The Morgan fingerprint density at radius 3 is 2.53 bits per heavy atom. The number of halogens is 1. The second kappa shape index (κ2) is 6.21. The lowest BCUT2D eigenvalue weighted by atomic mass is 10.1. The molecule has 0 radical (unpaired) electrons. The first kappa shape index (κ1) is 13.5. The summed E-state index contributed by atoms with van der Waals surface area (Å²) in [7, 11) is 1.78. The number of rotatable bonds is 8. The Balaban J connectivity index is 2.41. The third kappa shape index (κ3) is 4.04. The van der Waals surface area contributed by atoms with Crippen LogP contribution in [0.25, 0.3) is 0 Å². The van der Waals surface area contributed by atoms with E-state index in [0.717, 1.165) is 18.5 Å². The van der Waals surface area contributed by atoms with Crippen LogP contribution in [0.3, 0.4) is 0 Å². The predicted octanol–water partition coefficient (Wildman–Crippen LogP) is 2.91. The highest BCUT2D eigenvalue weighted by Crippen LogP contribution is 2.47. The van der Waals surface area contributed by atoms with Crippen LogP contribution in [0.5, 0.6) is 0 Å². The van der Waals surface area contributed by atoms with Crippen molar-refractivity contribution in [2.75, 3.05) is 32.1 Å². The summed E-state index contributed by atoms with van der Waals surface area (Å²) in [5, 5.41) is 1.15. The molecule has 1 atom stereocenters. The van der Waals surface area contributed by atoms with Crippen LogP contribution in [0.1, 0.15) is 33.1 Å². The zero-order chi connectivity index (χ0) is 11.3. The first-order valence-electron chi connectivity index (χ1n) is 5.96. The van der Waals surface area contributed by atoms with E-state index in [4.69, 9.17) is 4.74 Å². The SMILES string of the molecule is CCC(C)N(CCOC)CC1(CBr)CC1. The van der Waals surface area contributed by atoms with Crippen LogP contribution in [0.4, 0.5) is 0 Å². The molecule has 0 spiro atoms. The monoisotopic (exact) mass is 277 g/mol. The first-order chi connectivity index (χ1) is 7.17. The van der Waals surface area contributed by atoms with Gasteiger partial charge in [0.1, 0.15) is 0 Å². The predicted molar refractivity (Wildman–Crippen MR) is 68.7 cm³/mol. The van der Waals surface area contributed by atoms with Gasteiger partial charge in [0.05, 0.1) is 6.61 Å². The number of alkyl halides is 1. The van der Waals surface area contributed by atoms with Gasteiger partial charge in [0.15, 0.2) is 0 Å². The highest BCUT2D eigenvalue weighted by Gasteiger charge is 2.43. The van der Waals surface area contributed by atoms with Gasteiger partial charge in [-0.25, -0.2) is 0 Å². The molecule has 0 aromatic carbocycles. The van der Waals surface area contributed by atoms with Crippen LogP contribution < -0.4 is 0 Å². The molecule has 0 N–H and O–H groups in total. The Bertz CT molecular complexity index is 182. The fourth-order valence-corrected chi connectivity index (χ4v) is 2.60. The molecule has 15 heavy (non-hydrogen) atoms. The Kier molecular flexibility index (Phi) is 5.58. The lowest BCUT2D eigenvalue weighted by Crippen LogP contribution is -2.40. The minimum atomic E-state index is 0.581. The van der Waals surface area contributed by atoms with Gasteiger partial charge in [-0.2, -0.15) is 0 Å². The Morgan fingerprint density at radius 1 is 1.47 bits per heavy atom. The summed E-state index contributed by atoms with van der Waals surface area (Å²) in [6.07, 6.45) is 4.00. The van der Waals surface area contributed by atoms with Gasteiger partial charge in [0.25, 0.3) is 0 Å². The lowest BCUT2D eigenvalue weighted by Gasteiger charge is -2.31. The van der Waals surface area contributed by atoms with E-state index in [1.165, 1.54) is 25.8 Å². The fourth-order valence-electron chi connectivity index (χ4n) is 1.86. The molecule has 0 amide bonds. The topological polar surface area (TPSA) is 12.5 Å². The molecule has 1 fully saturated rings. The maximum absolute atomic E-state index is 5.18. The van der Waals surface area contributed by atoms with E-state index in [-0.39, 0.29) is 0 Å². The van der Waals surface area contributed by atoms with Crippen molar-refractivity contribution < 1.29 is 4.74 Å². The second-order valence-corrected chi connectivity index (χ2v) is 5.41. The normalized spacial score (nSPS) is 20.6. The molecule has 1 aliphatic carbocycles. The smallest absolute Gasteiger partial charge is 0.0589 e. The van der Waals surface area contributed by atoms with Crippen molar-refractivity contribution in [1.82, 2.24) is 4.90 Å². The molecular weight excluding hydrogens is 254 g/mol. The van der Waals surface area contributed by atoms with Crippen molar-refractivity contribution in [3.63, 3.8) is 0 Å². The fraction of sp³-hybridized carbons (Fsp3) is 1.00. The maximum Gasteiger partial charge on any atom is 0.0589 e. The summed E-state index contributed by atoms with van der Waals surface area (Å²) in [4.78, 5) is 2.58. The molecule has 0 heterocycles.